The second-order valence-corrected chi connectivity index (χ2v) is 30.7. The second-order valence-electron chi connectivity index (χ2n) is 29.4. The van der Waals surface area contributed by atoms with Crippen LogP contribution in [0.1, 0.15) is 102 Å². The van der Waals surface area contributed by atoms with Crippen LogP contribution in [0.4, 0.5) is 47.7 Å². The zero-order valence-corrected chi connectivity index (χ0v) is 69.9. The van der Waals surface area contributed by atoms with E-state index in [0.29, 0.717) is 175 Å². The average molecular weight is 1740 g/mol. The van der Waals surface area contributed by atoms with Gasteiger partial charge in [-0.25, -0.2) is 101 Å². The Bertz CT molecular complexity index is 6870. The summed E-state index contributed by atoms with van der Waals surface area (Å²) in [7, 11) is 0. The Morgan fingerprint density at radius 3 is 1.19 bits per heavy atom. The number of nitrogens with zero attached hydrogens (tertiary/aromatic N) is 24. The van der Waals surface area contributed by atoms with Crippen molar-refractivity contribution in [1.29, 1.82) is 0 Å². The van der Waals surface area contributed by atoms with Crippen LogP contribution in [0.3, 0.4) is 0 Å². The van der Waals surface area contributed by atoms with Crippen molar-refractivity contribution in [2.75, 3.05) is 35.6 Å². The van der Waals surface area contributed by atoms with Crippen molar-refractivity contribution in [3.05, 3.63) is 230 Å². The van der Waals surface area contributed by atoms with Crippen LogP contribution in [-0.4, -0.2) is 190 Å². The number of nitrogens with one attached hydrogen (secondary N) is 3. The first-order valence-corrected chi connectivity index (χ1v) is 40.2. The van der Waals surface area contributed by atoms with Gasteiger partial charge in [0.2, 0.25) is 17.7 Å². The number of rotatable bonds is 19. The maximum atomic E-state index is 15.6. The minimum atomic E-state index is -0.594. The summed E-state index contributed by atoms with van der Waals surface area (Å²) < 4.78 is 69.2. The van der Waals surface area contributed by atoms with Crippen LogP contribution in [0, 0.1) is 38.2 Å². The Kier molecular flexibility index (Phi) is 25.2. The molecular weight excluding hydrogens is 1660 g/mol. The van der Waals surface area contributed by atoms with Gasteiger partial charge in [0, 0.05) is 97.3 Å². The number of allylic oxidation sites excluding steroid dienone is 1. The van der Waals surface area contributed by atoms with Crippen molar-refractivity contribution >= 4 is 148 Å². The van der Waals surface area contributed by atoms with Crippen molar-refractivity contribution in [3.63, 3.8) is 0 Å². The SMILES string of the molecule is C.CC(=O)/C=C/C(=O)N1CCC(c2ncc3ncnc(Nc4ccc(Oc5ccn6ncnc6c5)c(C)c4F)c3n2)=C[C@@H]1C.Cc1c(Oc2ccn3ncnc3c2)ccc(Nc2ncnc3cnc(C4=CCN(C(=O)C(C)Cl)[C@@H](C)C4)nc23)c1F.Cc1c(Oc2ccn3ncnc3c2)ccc(Nc2ncnc3cnc(C4=C[C@H](C)N(C(=O)C(C)Cl)CC4)nc23)c1F. The smallest absolute Gasteiger partial charge is 0.247 e. The number of fused-ring (bicyclic) bond motifs is 6. The maximum Gasteiger partial charge on any atom is 0.247 e. The molecule has 640 valence electrons. The summed E-state index contributed by atoms with van der Waals surface area (Å²) in [4.78, 5) is 120. The summed E-state index contributed by atoms with van der Waals surface area (Å²) in [6.07, 6.45) is 28.4. The number of benzene rings is 3. The Balaban J connectivity index is 0.000000145. The molecule has 15 aromatic rings. The van der Waals surface area contributed by atoms with E-state index in [2.05, 4.69) is 91.1 Å². The largest absolute Gasteiger partial charge is 0.457 e. The van der Waals surface area contributed by atoms with Crippen molar-refractivity contribution in [3.8, 4) is 34.5 Å². The van der Waals surface area contributed by atoms with E-state index >= 15 is 13.2 Å². The fourth-order valence-electron chi connectivity index (χ4n) is 14.2. The molecule has 3 aliphatic rings. The molecule has 0 fully saturated rings. The molecule has 3 aliphatic heterocycles. The molecule has 18 rings (SSSR count). The van der Waals surface area contributed by atoms with E-state index in [4.69, 9.17) is 52.4 Å². The highest BCUT2D eigenvalue weighted by molar-refractivity contribution is 6.30. The summed E-state index contributed by atoms with van der Waals surface area (Å²) in [5, 5.41) is 20.2. The number of hydrogen-bond donors (Lipinski definition) is 3. The molecule has 0 spiro atoms. The van der Waals surface area contributed by atoms with Gasteiger partial charge >= 0.3 is 0 Å². The highest BCUT2D eigenvalue weighted by Gasteiger charge is 2.32. The predicted molar refractivity (Wildman–Crippen MR) is 466 cm³/mol. The summed E-state index contributed by atoms with van der Waals surface area (Å²) in [5.41, 5.74) is 8.83. The summed E-state index contributed by atoms with van der Waals surface area (Å²) >= 11 is 12.0. The lowest BCUT2D eigenvalue weighted by Crippen LogP contribution is -2.44. The van der Waals surface area contributed by atoms with Gasteiger partial charge in [-0.1, -0.05) is 25.7 Å². The molecule has 3 N–H and O–H groups in total. The first-order chi connectivity index (χ1) is 60.3. The van der Waals surface area contributed by atoms with Gasteiger partial charge in [-0.05, 0) is 159 Å². The zero-order chi connectivity index (χ0) is 87.4. The maximum absolute atomic E-state index is 15.6. The van der Waals surface area contributed by atoms with Gasteiger partial charge in [-0.15, -0.1) is 23.2 Å². The fraction of sp³-hybridized carbons (Fsp3) is 0.241. The minimum absolute atomic E-state index is 0. The van der Waals surface area contributed by atoms with Crippen LogP contribution in [0.5, 0.6) is 34.5 Å². The molecule has 0 saturated heterocycles. The van der Waals surface area contributed by atoms with Crippen LogP contribution in [0.2, 0.25) is 0 Å². The molecule has 0 radical (unpaired) electrons. The van der Waals surface area contributed by atoms with Crippen LogP contribution in [-0.2, 0) is 19.2 Å². The highest BCUT2D eigenvalue weighted by atomic mass is 35.5. The molecule has 126 heavy (non-hydrogen) atoms. The predicted octanol–water partition coefficient (Wildman–Crippen LogP) is 15.4. The number of halogens is 5. The van der Waals surface area contributed by atoms with E-state index in [1.54, 1.807) is 173 Å². The van der Waals surface area contributed by atoms with Gasteiger partial charge in [0.1, 0.15) is 116 Å². The molecule has 2 unspecified atom stereocenters. The second kappa shape index (κ2) is 37.0. The van der Waals surface area contributed by atoms with E-state index in [0.717, 1.165) is 16.7 Å². The normalized spacial score (nSPS) is 15.7. The lowest BCUT2D eigenvalue weighted by atomic mass is 10.00. The van der Waals surface area contributed by atoms with Gasteiger partial charge in [0.05, 0.1) is 35.7 Å². The monoisotopic (exact) mass is 1740 g/mol. The van der Waals surface area contributed by atoms with Gasteiger partial charge in [-0.3, -0.25) is 19.2 Å². The number of hydrogen-bond acceptors (Lipinski definition) is 28. The van der Waals surface area contributed by atoms with Crippen molar-refractivity contribution in [2.24, 2.45) is 0 Å². The number of ether oxygens (including phenoxy) is 3. The van der Waals surface area contributed by atoms with E-state index in [-0.39, 0.29) is 66.1 Å². The lowest BCUT2D eigenvalue weighted by molar-refractivity contribution is -0.132. The van der Waals surface area contributed by atoms with Crippen molar-refractivity contribution in [1.82, 2.24) is 118 Å². The number of amides is 3. The average Bonchev–Trinajstić information content (AvgIpc) is 0.989. The minimum Gasteiger partial charge on any atom is -0.457 e. The van der Waals surface area contributed by atoms with E-state index in [1.165, 1.54) is 57.0 Å². The van der Waals surface area contributed by atoms with Crippen molar-refractivity contribution < 1.29 is 46.6 Å². The third-order valence-corrected chi connectivity index (χ3v) is 21.3. The van der Waals surface area contributed by atoms with E-state index < -0.39 is 28.2 Å². The molecule has 0 saturated carbocycles. The van der Waals surface area contributed by atoms with Crippen LogP contribution in [0.15, 0.2) is 178 Å². The van der Waals surface area contributed by atoms with Gasteiger partial charge in [0.15, 0.2) is 75.1 Å². The first kappa shape index (κ1) is 85.9. The third-order valence-electron chi connectivity index (χ3n) is 20.9. The van der Waals surface area contributed by atoms with Gasteiger partial charge in [-0.2, -0.15) is 15.3 Å². The Morgan fingerprint density at radius 2 is 0.833 bits per heavy atom. The van der Waals surface area contributed by atoms with Crippen LogP contribution in [0.25, 0.3) is 66.8 Å². The molecule has 0 bridgehead atoms. The lowest BCUT2D eigenvalue weighted by Gasteiger charge is -2.33. The summed E-state index contributed by atoms with van der Waals surface area (Å²) in [6, 6.07) is 19.6. The molecule has 39 heteroatoms. The number of ketones is 1. The molecule has 0 aliphatic carbocycles. The van der Waals surface area contributed by atoms with Crippen LogP contribution >= 0.6 is 23.2 Å². The summed E-state index contributed by atoms with van der Waals surface area (Å²) in [5.74, 6) is 2.91. The zero-order valence-electron chi connectivity index (χ0n) is 68.4. The fourth-order valence-corrected chi connectivity index (χ4v) is 14.5. The number of alkyl halides is 2. The standard InChI is InChI=1S/C30H26FN9O3.2C28H25ClFN9O2.CH4/c1-17-12-20(8-10-39(17)26(42)7-4-18(2)41)29-32-14-23-28(38-29)30(35-15-33-23)37-22-5-6-24(19(3)27(22)31)43-21-9-11-40-25(13-21)34-16-36-40;2*1-15-10-18(6-8-38(15)28(40)17(3)29)26-31-12-21-25(37-26)27(34-13-32-21)36-20-4-5-22(16(2)24(20)30)41-19-7-9-39-23(11-19)33-14-35-39;/h4-7,9,11-17H,8,10H2,1-3H3,(H,33,35,37);4-5,7,9-15,17H,6,8H2,1-3H3,(H,32,34,36);4-7,9,11-15,17H,8,10H2,1-3H3,(H,32,34,36);1H4/b7-4+;;;/t17-;2*15-,17?;/m000./s1. The number of carbonyl (C=O) groups is 4. The molecular formula is C87H80Cl2F3N27O7. The van der Waals surface area contributed by atoms with Crippen molar-refractivity contribution in [2.45, 2.75) is 118 Å². The Hall–Kier alpha value is -15.0. The molecule has 5 atom stereocenters. The molecule has 3 amide bonds. The molecule has 34 nitrogen and oxygen atoms in total. The van der Waals surface area contributed by atoms with E-state index in [1.807, 2.05) is 39.0 Å². The third kappa shape index (κ3) is 18.5. The van der Waals surface area contributed by atoms with Gasteiger partial charge < -0.3 is 44.9 Å². The topological polar surface area (TPSA) is 387 Å². The first-order valence-electron chi connectivity index (χ1n) is 39.4. The van der Waals surface area contributed by atoms with E-state index in [9.17, 15) is 19.2 Å². The number of pyridine rings is 3. The summed E-state index contributed by atoms with van der Waals surface area (Å²) in [6.45, 7) is 16.8. The number of anilines is 6. The van der Waals surface area contributed by atoms with Gasteiger partial charge in [0.25, 0.3) is 0 Å². The Labute approximate surface area is 726 Å². The number of aromatic nitrogens is 21. The molecule has 12 aromatic heterocycles. The molecule has 3 aromatic carbocycles. The molecule has 15 heterocycles. The Morgan fingerprint density at radius 1 is 0.468 bits per heavy atom. The van der Waals surface area contributed by atoms with Crippen LogP contribution < -0.4 is 30.2 Å². The quantitative estimate of drug-likeness (QED) is 0.0500. The number of carbonyl (C=O) groups excluding carboxylic acids is 4. The highest BCUT2D eigenvalue weighted by Crippen LogP contribution is 2.39.